The van der Waals surface area contributed by atoms with Crippen molar-refractivity contribution < 1.29 is 4.79 Å². The fourth-order valence-corrected chi connectivity index (χ4v) is 2.12. The Hall–Kier alpha value is -2.15. The molecule has 92 valence electrons. The van der Waals surface area contributed by atoms with E-state index in [0.717, 1.165) is 23.1 Å². The minimum Gasteiger partial charge on any atom is -0.327 e. The van der Waals surface area contributed by atoms with Crippen molar-refractivity contribution in [2.75, 3.05) is 0 Å². The number of aryl methyl sites for hydroxylation is 1. The van der Waals surface area contributed by atoms with E-state index in [9.17, 15) is 4.79 Å². The Morgan fingerprint density at radius 1 is 1.50 bits per heavy atom. The Balaban J connectivity index is 2.49. The van der Waals surface area contributed by atoms with Crippen LogP contribution in [0.4, 0.5) is 0 Å². The van der Waals surface area contributed by atoms with Gasteiger partial charge in [0.05, 0.1) is 23.5 Å². The van der Waals surface area contributed by atoms with Crippen molar-refractivity contribution in [1.29, 1.82) is 5.26 Å². The number of hydrogen-bond donors (Lipinski definition) is 0. The summed E-state index contributed by atoms with van der Waals surface area (Å²) in [5, 5.41) is 8.73. The van der Waals surface area contributed by atoms with Crippen LogP contribution in [0, 0.1) is 11.3 Å². The normalized spacial score (nSPS) is 12.2. The molecule has 1 heterocycles. The highest BCUT2D eigenvalue weighted by atomic mass is 16.1. The van der Waals surface area contributed by atoms with Crippen molar-refractivity contribution in [2.24, 2.45) is 0 Å². The molecule has 0 amide bonds. The predicted octanol–water partition coefficient (Wildman–Crippen LogP) is 2.64. The highest BCUT2D eigenvalue weighted by Crippen LogP contribution is 2.23. The second-order valence-corrected chi connectivity index (χ2v) is 4.32. The summed E-state index contributed by atoms with van der Waals surface area (Å²) in [4.78, 5) is 15.2. The van der Waals surface area contributed by atoms with Crippen LogP contribution in [0.5, 0.6) is 0 Å². The molecular formula is C14H15N3O. The number of fused-ring (bicyclic) bond motifs is 1. The SMILES string of the molecule is CC(CC=O)c1nc2ccccc2n1CCC#N. The van der Waals surface area contributed by atoms with E-state index in [0.29, 0.717) is 19.4 Å². The highest BCUT2D eigenvalue weighted by molar-refractivity contribution is 5.76. The Kier molecular flexibility index (Phi) is 3.73. The molecule has 0 aliphatic carbocycles. The summed E-state index contributed by atoms with van der Waals surface area (Å²) in [5.41, 5.74) is 1.95. The highest BCUT2D eigenvalue weighted by Gasteiger charge is 2.15. The van der Waals surface area contributed by atoms with E-state index in [1.807, 2.05) is 35.8 Å². The smallest absolute Gasteiger partial charge is 0.120 e. The number of aldehydes is 1. The Morgan fingerprint density at radius 2 is 2.28 bits per heavy atom. The van der Waals surface area contributed by atoms with Gasteiger partial charge in [-0.3, -0.25) is 0 Å². The molecule has 2 rings (SSSR count). The number of hydrogen-bond acceptors (Lipinski definition) is 3. The predicted molar refractivity (Wildman–Crippen MR) is 69.1 cm³/mol. The quantitative estimate of drug-likeness (QED) is 0.756. The second kappa shape index (κ2) is 5.46. The first kappa shape index (κ1) is 12.3. The molecule has 1 aromatic carbocycles. The number of aromatic nitrogens is 2. The molecule has 0 spiro atoms. The minimum atomic E-state index is 0.0774. The Bertz CT molecular complexity index is 595. The van der Waals surface area contributed by atoms with Crippen LogP contribution in [0.2, 0.25) is 0 Å². The molecule has 1 unspecified atom stereocenters. The summed E-state index contributed by atoms with van der Waals surface area (Å²) >= 11 is 0. The monoisotopic (exact) mass is 241 g/mol. The van der Waals surface area contributed by atoms with Gasteiger partial charge in [0.25, 0.3) is 0 Å². The van der Waals surface area contributed by atoms with Crippen LogP contribution in [-0.4, -0.2) is 15.8 Å². The molecule has 0 bridgehead atoms. The average Bonchev–Trinajstić information content (AvgIpc) is 2.75. The third-order valence-electron chi connectivity index (χ3n) is 3.02. The van der Waals surface area contributed by atoms with Crippen molar-refractivity contribution >= 4 is 17.3 Å². The van der Waals surface area contributed by atoms with E-state index in [2.05, 4.69) is 11.1 Å². The zero-order valence-corrected chi connectivity index (χ0v) is 10.3. The van der Waals surface area contributed by atoms with E-state index >= 15 is 0 Å². The second-order valence-electron chi connectivity index (χ2n) is 4.32. The third-order valence-corrected chi connectivity index (χ3v) is 3.02. The lowest BCUT2D eigenvalue weighted by Crippen LogP contribution is -2.07. The summed E-state index contributed by atoms with van der Waals surface area (Å²) < 4.78 is 2.05. The first-order valence-electron chi connectivity index (χ1n) is 6.03. The Morgan fingerprint density at radius 3 is 3.00 bits per heavy atom. The van der Waals surface area contributed by atoms with E-state index in [-0.39, 0.29) is 5.92 Å². The molecule has 18 heavy (non-hydrogen) atoms. The van der Waals surface area contributed by atoms with Gasteiger partial charge < -0.3 is 9.36 Å². The van der Waals surface area contributed by atoms with Crippen LogP contribution in [0.1, 0.15) is 31.5 Å². The van der Waals surface area contributed by atoms with Gasteiger partial charge in [0.1, 0.15) is 12.1 Å². The summed E-state index contributed by atoms with van der Waals surface area (Å²) in [6.07, 6.45) is 1.82. The number of imidazole rings is 1. The van der Waals surface area contributed by atoms with Crippen molar-refractivity contribution in [3.8, 4) is 6.07 Å². The van der Waals surface area contributed by atoms with E-state index in [1.165, 1.54) is 0 Å². The van der Waals surface area contributed by atoms with Gasteiger partial charge in [-0.15, -0.1) is 0 Å². The van der Waals surface area contributed by atoms with Gasteiger partial charge in [-0.2, -0.15) is 5.26 Å². The third kappa shape index (κ3) is 2.25. The minimum absolute atomic E-state index is 0.0774. The van der Waals surface area contributed by atoms with Gasteiger partial charge in [-0.25, -0.2) is 4.98 Å². The number of nitrogens with zero attached hydrogens (tertiary/aromatic N) is 3. The molecule has 0 aliphatic heterocycles. The van der Waals surface area contributed by atoms with Crippen LogP contribution in [-0.2, 0) is 11.3 Å². The molecule has 4 nitrogen and oxygen atoms in total. The first-order chi connectivity index (χ1) is 8.77. The summed E-state index contributed by atoms with van der Waals surface area (Å²) in [6.45, 7) is 2.61. The van der Waals surface area contributed by atoms with Crippen molar-refractivity contribution in [1.82, 2.24) is 9.55 Å². The maximum absolute atomic E-state index is 10.6. The molecule has 0 aliphatic rings. The molecule has 0 saturated carbocycles. The zero-order valence-electron chi connectivity index (χ0n) is 10.3. The van der Waals surface area contributed by atoms with Crippen LogP contribution in [0.25, 0.3) is 11.0 Å². The number of carbonyl (C=O) groups excluding carboxylic acids is 1. The number of para-hydroxylation sites is 2. The lowest BCUT2D eigenvalue weighted by atomic mass is 10.1. The fraction of sp³-hybridized carbons (Fsp3) is 0.357. The van der Waals surface area contributed by atoms with E-state index < -0.39 is 0 Å². The molecule has 0 radical (unpaired) electrons. The maximum atomic E-state index is 10.6. The van der Waals surface area contributed by atoms with Gasteiger partial charge in [0, 0.05) is 18.9 Å². The molecule has 0 fully saturated rings. The fourth-order valence-electron chi connectivity index (χ4n) is 2.12. The van der Waals surface area contributed by atoms with Crippen LogP contribution in [0.3, 0.4) is 0 Å². The van der Waals surface area contributed by atoms with Crippen molar-refractivity contribution in [3.05, 3.63) is 30.1 Å². The van der Waals surface area contributed by atoms with Gasteiger partial charge in [0.15, 0.2) is 0 Å². The van der Waals surface area contributed by atoms with Gasteiger partial charge in [-0.05, 0) is 12.1 Å². The molecule has 1 aromatic heterocycles. The number of benzene rings is 1. The lowest BCUT2D eigenvalue weighted by Gasteiger charge is -2.11. The van der Waals surface area contributed by atoms with E-state index in [4.69, 9.17) is 5.26 Å². The van der Waals surface area contributed by atoms with Crippen LogP contribution < -0.4 is 0 Å². The lowest BCUT2D eigenvalue weighted by molar-refractivity contribution is -0.108. The van der Waals surface area contributed by atoms with Gasteiger partial charge in [-0.1, -0.05) is 19.1 Å². The molecule has 2 aromatic rings. The van der Waals surface area contributed by atoms with Gasteiger partial charge in [0.2, 0.25) is 0 Å². The topological polar surface area (TPSA) is 58.7 Å². The number of rotatable bonds is 5. The van der Waals surface area contributed by atoms with Crippen LogP contribution >= 0.6 is 0 Å². The zero-order chi connectivity index (χ0) is 13.0. The maximum Gasteiger partial charge on any atom is 0.120 e. The molecule has 0 N–H and O–H groups in total. The molecule has 0 saturated heterocycles. The summed E-state index contributed by atoms with van der Waals surface area (Å²) in [7, 11) is 0. The number of carbonyl (C=O) groups is 1. The average molecular weight is 241 g/mol. The molecular weight excluding hydrogens is 226 g/mol. The first-order valence-corrected chi connectivity index (χ1v) is 6.03. The van der Waals surface area contributed by atoms with Gasteiger partial charge >= 0.3 is 0 Å². The largest absolute Gasteiger partial charge is 0.327 e. The van der Waals surface area contributed by atoms with Crippen molar-refractivity contribution in [3.63, 3.8) is 0 Å². The number of nitriles is 1. The molecule has 1 atom stereocenters. The summed E-state index contributed by atoms with van der Waals surface area (Å²) in [6, 6.07) is 10.0. The van der Waals surface area contributed by atoms with E-state index in [1.54, 1.807) is 0 Å². The van der Waals surface area contributed by atoms with Crippen LogP contribution in [0.15, 0.2) is 24.3 Å². The standard InChI is InChI=1S/C14H15N3O/c1-11(7-10-18)14-16-12-5-2-3-6-13(12)17(14)9-4-8-15/h2-3,5-6,10-11H,4,7,9H2,1H3. The Labute approximate surface area is 106 Å². The molecule has 4 heteroatoms. The summed E-state index contributed by atoms with van der Waals surface area (Å²) in [5.74, 6) is 0.965. The van der Waals surface area contributed by atoms with Crippen molar-refractivity contribution in [2.45, 2.75) is 32.2 Å².